The number of benzene rings is 4. The van der Waals surface area contributed by atoms with Crippen LogP contribution in [-0.2, 0) is 8.85 Å². The van der Waals surface area contributed by atoms with Crippen molar-refractivity contribution in [2.45, 2.75) is 70.5 Å². The minimum atomic E-state index is -2.78. The molecule has 0 bridgehead atoms. The molecule has 4 aromatic carbocycles. The summed E-state index contributed by atoms with van der Waals surface area (Å²) in [6.07, 6.45) is 3.49. The number of hydrogen-bond acceptors (Lipinski definition) is 4. The van der Waals surface area contributed by atoms with Crippen molar-refractivity contribution in [3.05, 3.63) is 149 Å². The zero-order valence-corrected chi connectivity index (χ0v) is 33.7. The van der Waals surface area contributed by atoms with Crippen LogP contribution >= 0.6 is 12.2 Å². The first-order chi connectivity index (χ1) is 24.4. The van der Waals surface area contributed by atoms with Gasteiger partial charge in [-0.1, -0.05) is 175 Å². The first-order valence-corrected chi connectivity index (χ1v) is 22.4. The zero-order valence-electron chi connectivity index (χ0n) is 30.8. The largest absolute Gasteiger partial charge is 0.407 e. The summed E-state index contributed by atoms with van der Waals surface area (Å²) in [5.41, 5.74) is -0.160. The minimum Gasteiger partial charge on any atom is -0.407 e. The summed E-state index contributed by atoms with van der Waals surface area (Å²) < 4.78 is 17.4. The molecular formula is C43H52N2O3SSi2. The Balaban J connectivity index is 1.41. The highest BCUT2D eigenvalue weighted by Crippen LogP contribution is 2.44. The lowest BCUT2D eigenvalue weighted by Gasteiger charge is -2.45. The second-order valence-electron chi connectivity index (χ2n) is 16.1. The molecule has 5 nitrogen and oxygen atoms in total. The third-order valence-electron chi connectivity index (χ3n) is 10.9. The van der Waals surface area contributed by atoms with Gasteiger partial charge < -0.3 is 8.85 Å². The molecule has 1 unspecified atom stereocenters. The number of rotatable bonds is 11. The van der Waals surface area contributed by atoms with E-state index in [1.54, 1.807) is 0 Å². The van der Waals surface area contributed by atoms with E-state index in [9.17, 15) is 4.79 Å². The molecule has 1 saturated carbocycles. The van der Waals surface area contributed by atoms with E-state index in [1.807, 2.05) is 16.8 Å². The standard InChI is InChI=1S/C43H52N2O3SSi2/c1-42(2,3)50(36-19-11-7-12-20-36,37-21-13-8-14-22-37)47-31-33-29-35(45-28-27-40(49)44-41(45)46)30-34(33)32-48-51(43(4,5)6,38-23-15-9-16-24-38)39-25-17-10-18-26-39/h7-28,33-35H,29-32H2,1-6H3,(H,44,46,49)/t33-,34+,35?. The first-order valence-electron chi connectivity index (χ1n) is 18.2. The van der Waals surface area contributed by atoms with Gasteiger partial charge >= 0.3 is 5.69 Å². The van der Waals surface area contributed by atoms with E-state index in [2.05, 4.69) is 168 Å². The lowest BCUT2D eigenvalue weighted by Crippen LogP contribution is -2.67. The van der Waals surface area contributed by atoms with Crippen LogP contribution in [0.1, 0.15) is 60.4 Å². The van der Waals surface area contributed by atoms with Gasteiger partial charge in [-0.2, -0.15) is 0 Å². The van der Waals surface area contributed by atoms with Crippen LogP contribution in [-0.4, -0.2) is 39.4 Å². The lowest BCUT2D eigenvalue weighted by molar-refractivity contribution is 0.152. The maximum atomic E-state index is 13.3. The molecule has 1 aliphatic carbocycles. The maximum absolute atomic E-state index is 13.3. The van der Waals surface area contributed by atoms with Crippen molar-refractivity contribution in [3.8, 4) is 0 Å². The molecule has 8 heteroatoms. The molecule has 51 heavy (non-hydrogen) atoms. The molecule has 0 radical (unpaired) electrons. The Labute approximate surface area is 311 Å². The number of nitrogens with zero attached hydrogens (tertiary/aromatic N) is 1. The van der Waals surface area contributed by atoms with Crippen molar-refractivity contribution in [2.75, 3.05) is 13.2 Å². The monoisotopic (exact) mass is 732 g/mol. The summed E-state index contributed by atoms with van der Waals surface area (Å²) in [6.45, 7) is 15.1. The average molecular weight is 733 g/mol. The Morgan fingerprint density at radius 1 is 0.608 bits per heavy atom. The number of aromatic amines is 1. The van der Waals surface area contributed by atoms with Crippen LogP contribution in [0.25, 0.3) is 0 Å². The second kappa shape index (κ2) is 15.1. The van der Waals surface area contributed by atoms with Crippen LogP contribution in [0.4, 0.5) is 0 Å². The Morgan fingerprint density at radius 3 is 1.24 bits per heavy atom. The van der Waals surface area contributed by atoms with Gasteiger partial charge in [0.15, 0.2) is 0 Å². The van der Waals surface area contributed by atoms with E-state index < -0.39 is 16.6 Å². The summed E-state index contributed by atoms with van der Waals surface area (Å²) in [4.78, 5) is 16.1. The van der Waals surface area contributed by atoms with Crippen molar-refractivity contribution in [1.82, 2.24) is 9.55 Å². The van der Waals surface area contributed by atoms with Gasteiger partial charge in [-0.05, 0) is 61.6 Å². The summed E-state index contributed by atoms with van der Waals surface area (Å²) in [6, 6.07) is 45.2. The van der Waals surface area contributed by atoms with E-state index in [-0.39, 0.29) is 33.6 Å². The van der Waals surface area contributed by atoms with Crippen LogP contribution < -0.4 is 26.4 Å². The van der Waals surface area contributed by atoms with Gasteiger partial charge in [0.1, 0.15) is 4.64 Å². The molecule has 1 heterocycles. The number of hydrogen-bond donors (Lipinski definition) is 1. The molecule has 3 atom stereocenters. The topological polar surface area (TPSA) is 56.2 Å². The predicted molar refractivity (Wildman–Crippen MR) is 218 cm³/mol. The van der Waals surface area contributed by atoms with E-state index in [1.165, 1.54) is 20.7 Å². The van der Waals surface area contributed by atoms with Crippen LogP contribution in [0.5, 0.6) is 0 Å². The van der Waals surface area contributed by atoms with Crippen molar-refractivity contribution in [3.63, 3.8) is 0 Å². The molecule has 5 aromatic rings. The minimum absolute atomic E-state index is 0.00450. The van der Waals surface area contributed by atoms with Crippen LogP contribution in [0, 0.1) is 16.5 Å². The summed E-state index contributed by atoms with van der Waals surface area (Å²) in [5.74, 6) is 0.342. The number of nitrogens with one attached hydrogen (secondary N) is 1. The Hall–Kier alpha value is -3.67. The quantitative estimate of drug-likeness (QED) is 0.112. The molecule has 0 saturated heterocycles. The maximum Gasteiger partial charge on any atom is 0.326 e. The van der Waals surface area contributed by atoms with E-state index in [0.29, 0.717) is 17.9 Å². The normalized spacial score (nSPS) is 18.5. The molecule has 1 N–H and O–H groups in total. The number of H-pyrrole nitrogens is 1. The fourth-order valence-electron chi connectivity index (χ4n) is 8.52. The first kappa shape index (κ1) is 37.1. The van der Waals surface area contributed by atoms with Gasteiger partial charge in [0.05, 0.1) is 0 Å². The molecule has 0 amide bonds. The highest BCUT2D eigenvalue weighted by Gasteiger charge is 2.53. The van der Waals surface area contributed by atoms with Gasteiger partial charge in [0, 0.05) is 25.5 Å². The van der Waals surface area contributed by atoms with Gasteiger partial charge in [0.25, 0.3) is 16.6 Å². The molecule has 0 aliphatic heterocycles. The van der Waals surface area contributed by atoms with E-state index in [0.717, 1.165) is 12.8 Å². The predicted octanol–water partition coefficient (Wildman–Crippen LogP) is 7.63. The van der Waals surface area contributed by atoms with Crippen molar-refractivity contribution >= 4 is 49.6 Å². The fourth-order valence-corrected chi connectivity index (χ4v) is 17.9. The van der Waals surface area contributed by atoms with Crippen molar-refractivity contribution in [2.24, 2.45) is 11.8 Å². The van der Waals surface area contributed by atoms with Gasteiger partial charge in [0.2, 0.25) is 0 Å². The third kappa shape index (κ3) is 7.35. The SMILES string of the molecule is CC(C)(C)[Si](OC[C@@H]1CC(n2ccc(=S)[nH]c2=O)C[C@@H]1CO[Si](c1ccccc1)(c1ccccc1)C(C)(C)C)(c1ccccc1)c1ccccc1. The smallest absolute Gasteiger partial charge is 0.326 e. The molecule has 1 aliphatic rings. The summed E-state index contributed by atoms with van der Waals surface area (Å²) in [7, 11) is -5.56. The molecular weight excluding hydrogens is 681 g/mol. The van der Waals surface area contributed by atoms with Crippen molar-refractivity contribution in [1.29, 1.82) is 0 Å². The van der Waals surface area contributed by atoms with Crippen LogP contribution in [0.15, 0.2) is 138 Å². The zero-order chi connectivity index (χ0) is 36.3. The van der Waals surface area contributed by atoms with Crippen LogP contribution in [0.3, 0.4) is 0 Å². The summed E-state index contributed by atoms with van der Waals surface area (Å²) >= 11 is 5.30. The van der Waals surface area contributed by atoms with Gasteiger partial charge in [-0.25, -0.2) is 4.79 Å². The summed E-state index contributed by atoms with van der Waals surface area (Å²) in [5, 5.41) is 4.80. The Bertz CT molecular complexity index is 1800. The van der Waals surface area contributed by atoms with E-state index >= 15 is 0 Å². The third-order valence-corrected chi connectivity index (χ3v) is 21.2. The fraction of sp³-hybridized carbons (Fsp3) is 0.349. The Kier molecular flexibility index (Phi) is 11.0. The van der Waals surface area contributed by atoms with Gasteiger partial charge in [-0.15, -0.1) is 0 Å². The highest BCUT2D eigenvalue weighted by molar-refractivity contribution is 7.71. The van der Waals surface area contributed by atoms with Crippen molar-refractivity contribution < 1.29 is 8.85 Å². The molecule has 266 valence electrons. The molecule has 1 aromatic heterocycles. The number of aromatic nitrogens is 2. The lowest BCUT2D eigenvalue weighted by atomic mass is 9.98. The highest BCUT2D eigenvalue weighted by atomic mass is 32.1. The molecule has 0 spiro atoms. The van der Waals surface area contributed by atoms with Crippen LogP contribution in [0.2, 0.25) is 10.1 Å². The molecule has 1 fully saturated rings. The average Bonchev–Trinajstić information content (AvgIpc) is 3.52. The van der Waals surface area contributed by atoms with Gasteiger partial charge in [-0.3, -0.25) is 9.55 Å². The second-order valence-corrected chi connectivity index (χ2v) is 25.2. The van der Waals surface area contributed by atoms with E-state index in [4.69, 9.17) is 21.1 Å². The molecule has 6 rings (SSSR count). The Morgan fingerprint density at radius 2 is 0.941 bits per heavy atom.